The van der Waals surface area contributed by atoms with Crippen molar-refractivity contribution in [2.45, 2.75) is 12.8 Å². The van der Waals surface area contributed by atoms with Gasteiger partial charge in [0, 0.05) is 58.9 Å². The first-order chi connectivity index (χ1) is 11.1. The zero-order valence-corrected chi connectivity index (χ0v) is 15.1. The molecule has 0 aromatic carbocycles. The summed E-state index contributed by atoms with van der Waals surface area (Å²) in [6, 6.07) is 0. The summed E-state index contributed by atoms with van der Waals surface area (Å²) in [6.45, 7) is 9.25. The average Bonchev–Trinajstić information content (AvgIpc) is 2.57. The van der Waals surface area contributed by atoms with Crippen molar-refractivity contribution in [2.75, 3.05) is 79.0 Å². The molecule has 0 aliphatic carbocycles. The number of rotatable bonds is 4. The Balaban J connectivity index is 1.47. The lowest BCUT2D eigenvalue weighted by molar-refractivity contribution is 0.145. The van der Waals surface area contributed by atoms with Crippen LogP contribution >= 0.6 is 0 Å². The Bertz CT molecular complexity index is 464. The highest BCUT2D eigenvalue weighted by atomic mass is 32.2. The number of piperidine rings is 1. The van der Waals surface area contributed by atoms with Crippen molar-refractivity contribution in [1.82, 2.24) is 23.7 Å². The lowest BCUT2D eigenvalue weighted by Gasteiger charge is -2.40. The largest absolute Gasteiger partial charge is 0.316 e. The summed E-state index contributed by atoms with van der Waals surface area (Å²) in [6.07, 6.45) is 2.56. The van der Waals surface area contributed by atoms with E-state index in [1.54, 1.807) is 8.61 Å². The molecule has 1 unspecified atom stereocenters. The molecular weight excluding hydrogens is 314 g/mol. The van der Waals surface area contributed by atoms with Crippen LogP contribution < -0.4 is 5.32 Å². The van der Waals surface area contributed by atoms with E-state index in [9.17, 15) is 8.42 Å². The van der Waals surface area contributed by atoms with E-state index >= 15 is 0 Å². The van der Waals surface area contributed by atoms with Gasteiger partial charge in [0.25, 0.3) is 10.2 Å². The highest BCUT2D eigenvalue weighted by molar-refractivity contribution is 7.86. The van der Waals surface area contributed by atoms with Gasteiger partial charge in [-0.2, -0.15) is 17.0 Å². The standard InChI is InChI=1S/C15H31N5O2S/c1-17-5-9-19(10-6-17)23(21,22)20-11-7-18(8-12-20)14-15-3-2-4-16-13-15/h15-16H,2-14H2,1H3. The van der Waals surface area contributed by atoms with Crippen LogP contribution in [0.3, 0.4) is 0 Å². The molecule has 7 nitrogen and oxygen atoms in total. The molecule has 3 rings (SSSR count). The van der Waals surface area contributed by atoms with Crippen LogP contribution in [0.25, 0.3) is 0 Å². The highest BCUT2D eigenvalue weighted by Gasteiger charge is 2.34. The molecule has 3 aliphatic rings. The Kier molecular flexibility index (Phi) is 5.92. The summed E-state index contributed by atoms with van der Waals surface area (Å²) in [4.78, 5) is 4.62. The SMILES string of the molecule is CN1CCN(S(=O)(=O)N2CCN(CC3CCCNC3)CC2)CC1. The molecule has 3 saturated heterocycles. The summed E-state index contributed by atoms with van der Waals surface area (Å²) in [5, 5.41) is 3.46. The van der Waals surface area contributed by atoms with Crippen LogP contribution in [0.2, 0.25) is 0 Å². The molecule has 0 amide bonds. The minimum absolute atomic E-state index is 0.618. The number of hydrogen-bond acceptors (Lipinski definition) is 5. The second-order valence-corrected chi connectivity index (χ2v) is 9.05. The summed E-state index contributed by atoms with van der Waals surface area (Å²) < 4.78 is 28.8. The quantitative estimate of drug-likeness (QED) is 0.715. The van der Waals surface area contributed by atoms with Gasteiger partial charge < -0.3 is 15.1 Å². The normalized spacial score (nSPS) is 30.6. The molecule has 3 aliphatic heterocycles. The number of piperazine rings is 2. The Morgan fingerprint density at radius 3 is 2.13 bits per heavy atom. The lowest BCUT2D eigenvalue weighted by Crippen LogP contribution is -2.57. The fraction of sp³-hybridized carbons (Fsp3) is 1.00. The molecule has 23 heavy (non-hydrogen) atoms. The van der Waals surface area contributed by atoms with Crippen molar-refractivity contribution in [1.29, 1.82) is 0 Å². The van der Waals surface area contributed by atoms with Gasteiger partial charge in [0.05, 0.1) is 0 Å². The van der Waals surface area contributed by atoms with Crippen LogP contribution in [0.5, 0.6) is 0 Å². The Morgan fingerprint density at radius 2 is 1.57 bits per heavy atom. The molecule has 0 radical (unpaired) electrons. The molecule has 0 aromatic rings. The minimum atomic E-state index is -3.26. The van der Waals surface area contributed by atoms with E-state index in [2.05, 4.69) is 15.1 Å². The molecule has 0 spiro atoms. The van der Waals surface area contributed by atoms with E-state index in [0.717, 1.165) is 51.7 Å². The maximum absolute atomic E-state index is 12.7. The monoisotopic (exact) mass is 345 g/mol. The van der Waals surface area contributed by atoms with Gasteiger partial charge in [-0.15, -0.1) is 0 Å². The molecule has 0 bridgehead atoms. The van der Waals surface area contributed by atoms with Crippen molar-refractivity contribution in [3.8, 4) is 0 Å². The lowest BCUT2D eigenvalue weighted by atomic mass is 9.99. The van der Waals surface area contributed by atoms with E-state index < -0.39 is 10.2 Å². The third-order valence-corrected chi connectivity index (χ3v) is 7.40. The third kappa shape index (κ3) is 4.43. The van der Waals surface area contributed by atoms with Crippen LogP contribution in [-0.2, 0) is 10.2 Å². The van der Waals surface area contributed by atoms with Gasteiger partial charge in [-0.25, -0.2) is 0 Å². The van der Waals surface area contributed by atoms with Crippen molar-refractivity contribution >= 4 is 10.2 Å². The maximum Gasteiger partial charge on any atom is 0.282 e. The summed E-state index contributed by atoms with van der Waals surface area (Å²) in [5.74, 6) is 0.726. The minimum Gasteiger partial charge on any atom is -0.316 e. The van der Waals surface area contributed by atoms with Crippen LogP contribution in [0.1, 0.15) is 12.8 Å². The zero-order valence-electron chi connectivity index (χ0n) is 14.3. The first-order valence-corrected chi connectivity index (χ1v) is 10.3. The van der Waals surface area contributed by atoms with Crippen molar-refractivity contribution in [3.05, 3.63) is 0 Å². The zero-order chi connectivity index (χ0) is 16.3. The van der Waals surface area contributed by atoms with E-state index in [4.69, 9.17) is 0 Å². The van der Waals surface area contributed by atoms with Crippen molar-refractivity contribution < 1.29 is 8.42 Å². The first-order valence-electron chi connectivity index (χ1n) is 8.92. The highest BCUT2D eigenvalue weighted by Crippen LogP contribution is 2.17. The van der Waals surface area contributed by atoms with E-state index in [0.29, 0.717) is 26.2 Å². The summed E-state index contributed by atoms with van der Waals surface area (Å²) in [7, 11) is -1.22. The van der Waals surface area contributed by atoms with Crippen molar-refractivity contribution in [2.24, 2.45) is 5.92 Å². The third-order valence-electron chi connectivity index (χ3n) is 5.36. The van der Waals surface area contributed by atoms with E-state index in [1.165, 1.54) is 12.8 Å². The van der Waals surface area contributed by atoms with Crippen LogP contribution in [0.4, 0.5) is 0 Å². The summed E-state index contributed by atoms with van der Waals surface area (Å²) >= 11 is 0. The molecule has 1 N–H and O–H groups in total. The first kappa shape index (κ1) is 17.6. The van der Waals surface area contributed by atoms with Gasteiger partial charge in [0.2, 0.25) is 0 Å². The Hall–Kier alpha value is -0.250. The fourth-order valence-corrected chi connectivity index (χ4v) is 5.35. The second-order valence-electron chi connectivity index (χ2n) is 7.12. The smallest absolute Gasteiger partial charge is 0.282 e. The Labute approximate surface area is 140 Å². The van der Waals surface area contributed by atoms with Gasteiger partial charge in [-0.05, 0) is 38.9 Å². The van der Waals surface area contributed by atoms with Gasteiger partial charge >= 0.3 is 0 Å². The molecule has 8 heteroatoms. The van der Waals surface area contributed by atoms with Crippen LogP contribution in [-0.4, -0.2) is 106 Å². The number of nitrogens with one attached hydrogen (secondary N) is 1. The summed E-state index contributed by atoms with van der Waals surface area (Å²) in [5.41, 5.74) is 0. The number of nitrogens with zero attached hydrogens (tertiary/aromatic N) is 4. The molecule has 1 atom stereocenters. The number of hydrogen-bond donors (Lipinski definition) is 1. The van der Waals surface area contributed by atoms with Crippen LogP contribution in [0.15, 0.2) is 0 Å². The van der Waals surface area contributed by atoms with Gasteiger partial charge in [0.15, 0.2) is 0 Å². The number of likely N-dealkylation sites (N-methyl/N-ethyl adjacent to an activating group) is 1. The molecule has 134 valence electrons. The topological polar surface area (TPSA) is 59.1 Å². The molecule has 3 heterocycles. The molecular formula is C15H31N5O2S. The van der Waals surface area contributed by atoms with E-state index in [1.807, 2.05) is 7.05 Å². The Morgan fingerprint density at radius 1 is 0.957 bits per heavy atom. The molecule has 0 saturated carbocycles. The predicted molar refractivity (Wildman–Crippen MR) is 91.6 cm³/mol. The average molecular weight is 346 g/mol. The fourth-order valence-electron chi connectivity index (χ4n) is 3.77. The second kappa shape index (κ2) is 7.76. The maximum atomic E-state index is 12.7. The van der Waals surface area contributed by atoms with Gasteiger partial charge in [-0.1, -0.05) is 0 Å². The van der Waals surface area contributed by atoms with Crippen LogP contribution in [0, 0.1) is 5.92 Å². The molecule has 0 aromatic heterocycles. The van der Waals surface area contributed by atoms with E-state index in [-0.39, 0.29) is 0 Å². The predicted octanol–water partition coefficient (Wildman–Crippen LogP) is -0.904. The van der Waals surface area contributed by atoms with Crippen molar-refractivity contribution in [3.63, 3.8) is 0 Å². The molecule has 3 fully saturated rings. The van der Waals surface area contributed by atoms with Gasteiger partial charge in [0.1, 0.15) is 0 Å². The van der Waals surface area contributed by atoms with Gasteiger partial charge in [-0.3, -0.25) is 0 Å².